The van der Waals surface area contributed by atoms with Crippen LogP contribution in [0.5, 0.6) is 5.75 Å². The number of nitrogens with one attached hydrogen (secondary N) is 2. The van der Waals surface area contributed by atoms with Crippen LogP contribution in [0, 0.1) is 0 Å². The van der Waals surface area contributed by atoms with Gasteiger partial charge in [-0.25, -0.2) is 4.79 Å². The Balaban J connectivity index is 1.50. The molecule has 2 amide bonds. The predicted octanol–water partition coefficient (Wildman–Crippen LogP) is 3.74. The molecule has 30 heavy (non-hydrogen) atoms. The average molecular weight is 404 g/mol. The summed E-state index contributed by atoms with van der Waals surface area (Å²) < 4.78 is 10.1. The van der Waals surface area contributed by atoms with Gasteiger partial charge in [-0.2, -0.15) is 0 Å². The zero-order chi connectivity index (χ0) is 21.3. The van der Waals surface area contributed by atoms with Crippen molar-refractivity contribution in [3.8, 4) is 5.75 Å². The summed E-state index contributed by atoms with van der Waals surface area (Å²) in [6, 6.07) is 21.8. The number of hydrogen-bond acceptors (Lipinski definition) is 5. The van der Waals surface area contributed by atoms with Crippen LogP contribution >= 0.6 is 0 Å². The zero-order valence-electron chi connectivity index (χ0n) is 16.3. The number of rotatable bonds is 7. The maximum atomic E-state index is 12.3. The number of hydrogen-bond donors (Lipinski definition) is 2. The maximum Gasteiger partial charge on any atom is 0.338 e. The van der Waals surface area contributed by atoms with Crippen LogP contribution in [0.2, 0.25) is 0 Å². The van der Waals surface area contributed by atoms with E-state index in [2.05, 4.69) is 10.6 Å². The Morgan fingerprint density at radius 1 is 0.733 bits per heavy atom. The maximum absolute atomic E-state index is 12.3. The van der Waals surface area contributed by atoms with Gasteiger partial charge in [-0.1, -0.05) is 18.2 Å². The highest BCUT2D eigenvalue weighted by Gasteiger charge is 2.11. The highest BCUT2D eigenvalue weighted by atomic mass is 16.5. The zero-order valence-corrected chi connectivity index (χ0v) is 16.3. The lowest BCUT2D eigenvalue weighted by atomic mass is 10.2. The molecule has 0 fully saturated rings. The topological polar surface area (TPSA) is 93.7 Å². The van der Waals surface area contributed by atoms with E-state index in [4.69, 9.17) is 9.47 Å². The second-order valence-corrected chi connectivity index (χ2v) is 6.25. The third-order valence-electron chi connectivity index (χ3n) is 4.12. The molecule has 2 N–H and O–H groups in total. The second-order valence-electron chi connectivity index (χ2n) is 6.25. The molecule has 0 saturated heterocycles. The SMILES string of the molecule is COc1ccc(NC(=O)c2ccc(NC(=O)COC(=O)c3ccccc3)cc2)cc1. The molecule has 0 unspecified atom stereocenters. The third kappa shape index (κ3) is 5.68. The van der Waals surface area contributed by atoms with Crippen LogP contribution in [0.1, 0.15) is 20.7 Å². The summed E-state index contributed by atoms with van der Waals surface area (Å²) in [5.41, 5.74) is 1.92. The van der Waals surface area contributed by atoms with Gasteiger partial charge in [0, 0.05) is 16.9 Å². The molecule has 0 aliphatic rings. The van der Waals surface area contributed by atoms with Gasteiger partial charge >= 0.3 is 5.97 Å². The van der Waals surface area contributed by atoms with Crippen molar-refractivity contribution >= 4 is 29.2 Å². The van der Waals surface area contributed by atoms with Gasteiger partial charge in [-0.3, -0.25) is 9.59 Å². The lowest BCUT2D eigenvalue weighted by Gasteiger charge is -2.09. The van der Waals surface area contributed by atoms with Crippen LogP contribution in [-0.4, -0.2) is 31.5 Å². The first-order valence-electron chi connectivity index (χ1n) is 9.12. The van der Waals surface area contributed by atoms with E-state index in [0.717, 1.165) is 0 Å². The fourth-order valence-electron chi connectivity index (χ4n) is 2.57. The number of benzene rings is 3. The van der Waals surface area contributed by atoms with E-state index in [1.807, 2.05) is 0 Å². The number of carbonyl (C=O) groups excluding carboxylic acids is 3. The molecule has 0 atom stereocenters. The van der Waals surface area contributed by atoms with E-state index in [-0.39, 0.29) is 5.91 Å². The average Bonchev–Trinajstić information content (AvgIpc) is 2.79. The van der Waals surface area contributed by atoms with Gasteiger partial charge in [0.25, 0.3) is 11.8 Å². The molecule has 0 saturated carbocycles. The van der Waals surface area contributed by atoms with Gasteiger partial charge in [-0.05, 0) is 60.7 Å². The Kier molecular flexibility index (Phi) is 6.78. The minimum Gasteiger partial charge on any atom is -0.497 e. The molecule has 0 aliphatic carbocycles. The smallest absolute Gasteiger partial charge is 0.338 e. The molecule has 0 radical (unpaired) electrons. The van der Waals surface area contributed by atoms with E-state index in [0.29, 0.717) is 28.3 Å². The van der Waals surface area contributed by atoms with E-state index in [1.165, 1.54) is 0 Å². The summed E-state index contributed by atoms with van der Waals surface area (Å²) >= 11 is 0. The van der Waals surface area contributed by atoms with Gasteiger partial charge in [0.2, 0.25) is 0 Å². The summed E-state index contributed by atoms with van der Waals surface area (Å²) in [7, 11) is 1.57. The van der Waals surface area contributed by atoms with Crippen molar-refractivity contribution in [1.29, 1.82) is 0 Å². The minimum atomic E-state index is -0.573. The van der Waals surface area contributed by atoms with Crippen molar-refractivity contribution in [1.82, 2.24) is 0 Å². The van der Waals surface area contributed by atoms with Crippen molar-refractivity contribution in [2.45, 2.75) is 0 Å². The van der Waals surface area contributed by atoms with Crippen LogP contribution < -0.4 is 15.4 Å². The number of amides is 2. The number of anilines is 2. The largest absolute Gasteiger partial charge is 0.497 e. The molecular weight excluding hydrogens is 384 g/mol. The molecule has 3 rings (SSSR count). The van der Waals surface area contributed by atoms with E-state index in [1.54, 1.807) is 86.0 Å². The summed E-state index contributed by atoms with van der Waals surface area (Å²) in [4.78, 5) is 36.2. The lowest BCUT2D eigenvalue weighted by Crippen LogP contribution is -2.21. The van der Waals surface area contributed by atoms with Gasteiger partial charge in [0.15, 0.2) is 6.61 Å². The van der Waals surface area contributed by atoms with Crippen LogP contribution in [0.25, 0.3) is 0 Å². The molecule has 0 spiro atoms. The Labute approximate surface area is 173 Å². The summed E-state index contributed by atoms with van der Waals surface area (Å²) in [6.45, 7) is -0.409. The fourth-order valence-corrected chi connectivity index (χ4v) is 2.57. The molecular formula is C23H20N2O5. The molecule has 0 bridgehead atoms. The lowest BCUT2D eigenvalue weighted by molar-refractivity contribution is -0.119. The highest BCUT2D eigenvalue weighted by molar-refractivity contribution is 6.04. The fraction of sp³-hybridized carbons (Fsp3) is 0.0870. The monoisotopic (exact) mass is 404 g/mol. The molecule has 3 aromatic rings. The summed E-state index contributed by atoms with van der Waals surface area (Å²) in [5, 5.41) is 5.39. The molecule has 0 heterocycles. The van der Waals surface area contributed by atoms with Gasteiger partial charge in [0.05, 0.1) is 12.7 Å². The Morgan fingerprint density at radius 3 is 1.97 bits per heavy atom. The summed E-state index contributed by atoms with van der Waals surface area (Å²) in [5.74, 6) is -0.636. The van der Waals surface area contributed by atoms with Gasteiger partial charge < -0.3 is 20.1 Å². The van der Waals surface area contributed by atoms with Crippen molar-refractivity contribution in [2.75, 3.05) is 24.4 Å². The van der Waals surface area contributed by atoms with E-state index in [9.17, 15) is 14.4 Å². The van der Waals surface area contributed by atoms with Crippen LogP contribution in [-0.2, 0) is 9.53 Å². The van der Waals surface area contributed by atoms with Crippen molar-refractivity contribution in [3.63, 3.8) is 0 Å². The predicted molar refractivity (Wildman–Crippen MR) is 113 cm³/mol. The van der Waals surface area contributed by atoms with Crippen molar-refractivity contribution in [3.05, 3.63) is 90.0 Å². The molecule has 7 heteroatoms. The number of carbonyl (C=O) groups is 3. The highest BCUT2D eigenvalue weighted by Crippen LogP contribution is 2.17. The molecule has 7 nitrogen and oxygen atoms in total. The molecule has 3 aromatic carbocycles. The first-order chi connectivity index (χ1) is 14.5. The van der Waals surface area contributed by atoms with E-state index >= 15 is 0 Å². The van der Waals surface area contributed by atoms with Gasteiger partial charge in [0.1, 0.15) is 5.75 Å². The molecule has 152 valence electrons. The number of esters is 1. The van der Waals surface area contributed by atoms with Crippen molar-refractivity contribution < 1.29 is 23.9 Å². The molecule has 0 aliphatic heterocycles. The number of methoxy groups -OCH3 is 1. The third-order valence-corrected chi connectivity index (χ3v) is 4.12. The minimum absolute atomic E-state index is 0.283. The van der Waals surface area contributed by atoms with Crippen LogP contribution in [0.4, 0.5) is 11.4 Å². The standard InChI is InChI=1S/C23H20N2O5/c1-29-20-13-11-19(12-14-20)25-22(27)16-7-9-18(10-8-16)24-21(26)15-30-23(28)17-5-3-2-4-6-17/h2-14H,15H2,1H3,(H,24,26)(H,25,27). The Hall–Kier alpha value is -4.13. The quantitative estimate of drug-likeness (QED) is 0.585. The normalized spacial score (nSPS) is 10.0. The Morgan fingerprint density at radius 2 is 1.33 bits per heavy atom. The summed E-state index contributed by atoms with van der Waals surface area (Å²) in [6.07, 6.45) is 0. The van der Waals surface area contributed by atoms with Crippen LogP contribution in [0.15, 0.2) is 78.9 Å². The molecule has 0 aromatic heterocycles. The van der Waals surface area contributed by atoms with E-state index < -0.39 is 18.5 Å². The van der Waals surface area contributed by atoms with Crippen LogP contribution in [0.3, 0.4) is 0 Å². The number of ether oxygens (including phenoxy) is 2. The first kappa shape index (κ1) is 20.6. The van der Waals surface area contributed by atoms with Crippen molar-refractivity contribution in [2.24, 2.45) is 0 Å². The van der Waals surface area contributed by atoms with Gasteiger partial charge in [-0.15, -0.1) is 0 Å². The Bertz CT molecular complexity index is 1020. The first-order valence-corrected chi connectivity index (χ1v) is 9.12. The second kappa shape index (κ2) is 9.88.